The van der Waals surface area contributed by atoms with Crippen molar-refractivity contribution in [2.45, 2.75) is 6.04 Å². The molecule has 48 valence electrons. The fourth-order valence-electron chi connectivity index (χ4n) is 0.190. The molecule has 0 saturated carbocycles. The predicted octanol–water partition coefficient (Wildman–Crippen LogP) is -2.70. The van der Waals surface area contributed by atoms with Crippen LogP contribution < -0.4 is 17.0 Å². The molecule has 0 aliphatic carbocycles. The van der Waals surface area contributed by atoms with Crippen LogP contribution in [-0.4, -0.2) is 23.7 Å². The molecule has 6 N–H and O–H groups in total. The van der Waals surface area contributed by atoms with Gasteiger partial charge in [0.05, 0.1) is 6.61 Å². The molecule has 0 spiro atoms. The Hall–Kier alpha value is -0.650. The molecule has 5 nitrogen and oxygen atoms in total. The van der Waals surface area contributed by atoms with Gasteiger partial charge < -0.3 is 10.8 Å². The van der Waals surface area contributed by atoms with Crippen LogP contribution in [0.2, 0.25) is 0 Å². The van der Waals surface area contributed by atoms with Crippen LogP contribution in [0, 0.1) is 0 Å². The van der Waals surface area contributed by atoms with Crippen molar-refractivity contribution in [1.29, 1.82) is 0 Å². The van der Waals surface area contributed by atoms with Gasteiger partial charge in [-0.05, 0) is 0 Å². The van der Waals surface area contributed by atoms with Gasteiger partial charge in [-0.2, -0.15) is 0 Å². The Labute approximate surface area is 46.6 Å². The second-order valence-electron chi connectivity index (χ2n) is 1.30. The van der Waals surface area contributed by atoms with Gasteiger partial charge >= 0.3 is 0 Å². The van der Waals surface area contributed by atoms with E-state index in [9.17, 15) is 4.79 Å². The number of hydrogen-bond donors (Lipinski definition) is 4. The summed E-state index contributed by atoms with van der Waals surface area (Å²) in [4.78, 5) is 10.2. The number of rotatable bonds is 2. The molecule has 1 amide bonds. The highest BCUT2D eigenvalue weighted by Gasteiger charge is 2.07. The Morgan fingerprint density at radius 1 is 1.88 bits per heavy atom. The maximum Gasteiger partial charge on any atom is 0.253 e. The predicted molar refractivity (Wildman–Crippen MR) is 27.4 cm³/mol. The lowest BCUT2D eigenvalue weighted by atomic mass is 10.3. The number of nitrogens with one attached hydrogen (secondary N) is 1. The van der Waals surface area contributed by atoms with E-state index in [1.165, 1.54) is 0 Å². The fourth-order valence-corrected chi connectivity index (χ4v) is 0.190. The summed E-state index contributed by atoms with van der Waals surface area (Å²) in [6.07, 6.45) is 0. The monoisotopic (exact) mass is 119 g/mol. The summed E-state index contributed by atoms with van der Waals surface area (Å²) in [5.74, 6) is 4.10. The average Bonchev–Trinajstić information content (AvgIpc) is 1.84. The summed E-state index contributed by atoms with van der Waals surface area (Å²) >= 11 is 0. The first-order valence-corrected chi connectivity index (χ1v) is 2.09. The maximum atomic E-state index is 10.2. The largest absolute Gasteiger partial charge is 0.394 e. The van der Waals surface area contributed by atoms with Crippen LogP contribution in [0.1, 0.15) is 0 Å². The SMILES string of the molecule is NNC(=O)[C@@H](N)CO. The molecule has 5 heteroatoms. The first-order valence-electron chi connectivity index (χ1n) is 2.09. The molecule has 0 unspecified atom stereocenters. The van der Waals surface area contributed by atoms with Crippen LogP contribution in [0.4, 0.5) is 0 Å². The number of amides is 1. The second kappa shape index (κ2) is 3.36. The van der Waals surface area contributed by atoms with Crippen LogP contribution in [-0.2, 0) is 4.79 Å². The van der Waals surface area contributed by atoms with Crippen LogP contribution in [0.5, 0.6) is 0 Å². The highest BCUT2D eigenvalue weighted by atomic mass is 16.3. The lowest BCUT2D eigenvalue weighted by Crippen LogP contribution is -2.45. The zero-order valence-electron chi connectivity index (χ0n) is 4.29. The molecular formula is C3H9N3O2. The van der Waals surface area contributed by atoms with E-state index in [0.717, 1.165) is 0 Å². The second-order valence-corrected chi connectivity index (χ2v) is 1.30. The van der Waals surface area contributed by atoms with Crippen molar-refractivity contribution in [3.8, 4) is 0 Å². The number of carbonyl (C=O) groups excluding carboxylic acids is 1. The van der Waals surface area contributed by atoms with Crippen molar-refractivity contribution < 1.29 is 9.90 Å². The summed E-state index contributed by atoms with van der Waals surface area (Å²) in [5.41, 5.74) is 6.78. The van der Waals surface area contributed by atoms with E-state index in [-0.39, 0.29) is 6.61 Å². The maximum absolute atomic E-state index is 10.2. The van der Waals surface area contributed by atoms with Crippen LogP contribution in [0.15, 0.2) is 0 Å². The molecule has 8 heavy (non-hydrogen) atoms. The summed E-state index contributed by atoms with van der Waals surface area (Å²) in [6, 6.07) is -0.903. The number of hydrazine groups is 1. The lowest BCUT2D eigenvalue weighted by molar-refractivity contribution is -0.123. The van der Waals surface area contributed by atoms with Gasteiger partial charge in [-0.15, -0.1) is 0 Å². The minimum absolute atomic E-state index is 0.386. The van der Waals surface area contributed by atoms with Crippen LogP contribution in [0.25, 0.3) is 0 Å². The molecular weight excluding hydrogens is 110 g/mol. The van der Waals surface area contributed by atoms with Gasteiger partial charge in [-0.25, -0.2) is 5.84 Å². The van der Waals surface area contributed by atoms with E-state index < -0.39 is 11.9 Å². The lowest BCUT2D eigenvalue weighted by Gasteiger charge is -2.03. The third kappa shape index (κ3) is 1.87. The zero-order chi connectivity index (χ0) is 6.57. The molecule has 0 aromatic rings. The molecule has 0 heterocycles. The van der Waals surface area contributed by atoms with Gasteiger partial charge in [0.1, 0.15) is 6.04 Å². The standard InChI is InChI=1S/C3H9N3O2/c4-2(1-7)3(8)6-5/h2,7H,1,4-5H2,(H,6,8)/t2-/m0/s1. The number of nitrogens with two attached hydrogens (primary N) is 2. The van der Waals surface area contributed by atoms with E-state index in [0.29, 0.717) is 0 Å². The molecule has 0 fully saturated rings. The van der Waals surface area contributed by atoms with Crippen LogP contribution in [0.3, 0.4) is 0 Å². The fraction of sp³-hybridized carbons (Fsp3) is 0.667. The summed E-state index contributed by atoms with van der Waals surface area (Å²) in [6.45, 7) is -0.386. The van der Waals surface area contributed by atoms with Gasteiger partial charge in [-0.1, -0.05) is 0 Å². The molecule has 0 aromatic heterocycles. The first-order chi connectivity index (χ1) is 3.72. The molecule has 0 aliphatic rings. The van der Waals surface area contributed by atoms with Gasteiger partial charge in [0, 0.05) is 0 Å². The molecule has 0 aliphatic heterocycles. The van der Waals surface area contributed by atoms with Crippen molar-refractivity contribution in [3.63, 3.8) is 0 Å². The number of aliphatic hydroxyl groups excluding tert-OH is 1. The van der Waals surface area contributed by atoms with Crippen molar-refractivity contribution in [2.75, 3.05) is 6.61 Å². The van der Waals surface area contributed by atoms with E-state index in [1.54, 1.807) is 5.43 Å². The number of carbonyl (C=O) groups is 1. The molecule has 1 atom stereocenters. The van der Waals surface area contributed by atoms with Crippen molar-refractivity contribution in [1.82, 2.24) is 5.43 Å². The van der Waals surface area contributed by atoms with E-state index in [4.69, 9.17) is 10.8 Å². The van der Waals surface area contributed by atoms with Crippen LogP contribution >= 0.6 is 0 Å². The van der Waals surface area contributed by atoms with Gasteiger partial charge in [0.15, 0.2) is 0 Å². The van der Waals surface area contributed by atoms with Gasteiger partial charge in [0.2, 0.25) is 0 Å². The Kier molecular flexibility index (Phi) is 3.09. The Morgan fingerprint density at radius 3 is 2.50 bits per heavy atom. The van der Waals surface area contributed by atoms with Gasteiger partial charge in [-0.3, -0.25) is 10.2 Å². The summed E-state index contributed by atoms with van der Waals surface area (Å²) in [7, 11) is 0. The van der Waals surface area contributed by atoms with Crippen molar-refractivity contribution in [2.24, 2.45) is 11.6 Å². The van der Waals surface area contributed by atoms with E-state index >= 15 is 0 Å². The van der Waals surface area contributed by atoms with E-state index in [2.05, 4.69) is 5.84 Å². The molecule has 0 bridgehead atoms. The zero-order valence-corrected chi connectivity index (χ0v) is 4.29. The van der Waals surface area contributed by atoms with Crippen molar-refractivity contribution in [3.05, 3.63) is 0 Å². The molecule has 0 aromatic carbocycles. The number of hydrogen-bond acceptors (Lipinski definition) is 4. The topological polar surface area (TPSA) is 101 Å². The minimum atomic E-state index is -0.903. The molecule has 0 saturated heterocycles. The van der Waals surface area contributed by atoms with Crippen molar-refractivity contribution >= 4 is 5.91 Å². The van der Waals surface area contributed by atoms with Gasteiger partial charge in [0.25, 0.3) is 5.91 Å². The first kappa shape index (κ1) is 7.35. The smallest absolute Gasteiger partial charge is 0.253 e. The minimum Gasteiger partial charge on any atom is -0.394 e. The normalized spacial score (nSPS) is 12.9. The molecule has 0 radical (unpaired) electrons. The quantitative estimate of drug-likeness (QED) is 0.180. The molecule has 0 rings (SSSR count). The third-order valence-electron chi connectivity index (χ3n) is 0.676. The Morgan fingerprint density at radius 2 is 2.38 bits per heavy atom. The Bertz CT molecular complexity index is 84.6. The Balaban J connectivity index is 3.46. The highest BCUT2D eigenvalue weighted by Crippen LogP contribution is 1.70. The van der Waals surface area contributed by atoms with E-state index in [1.807, 2.05) is 0 Å². The summed E-state index contributed by atoms with van der Waals surface area (Å²) in [5, 5.41) is 8.19. The third-order valence-corrected chi connectivity index (χ3v) is 0.676. The highest BCUT2D eigenvalue weighted by molar-refractivity contribution is 5.80. The average molecular weight is 119 g/mol. The number of aliphatic hydroxyl groups is 1. The summed E-state index contributed by atoms with van der Waals surface area (Å²) < 4.78 is 0.